The van der Waals surface area contributed by atoms with Crippen LogP contribution in [0.1, 0.15) is 0 Å². The van der Waals surface area contributed by atoms with Crippen molar-refractivity contribution in [3.8, 4) is 11.1 Å². The Balaban J connectivity index is 1.83. The van der Waals surface area contributed by atoms with E-state index in [1.807, 2.05) is 23.6 Å². The summed E-state index contributed by atoms with van der Waals surface area (Å²) in [4.78, 5) is 20.2. The van der Waals surface area contributed by atoms with E-state index in [1.54, 1.807) is 24.3 Å². The van der Waals surface area contributed by atoms with Gasteiger partial charge in [-0.15, -0.1) is 11.3 Å². The van der Waals surface area contributed by atoms with Gasteiger partial charge in [0.2, 0.25) is 0 Å². The van der Waals surface area contributed by atoms with E-state index in [0.717, 1.165) is 27.0 Å². The van der Waals surface area contributed by atoms with Crippen molar-refractivity contribution in [1.82, 2.24) is 9.97 Å². The predicted octanol–water partition coefficient (Wildman–Crippen LogP) is 4.59. The summed E-state index contributed by atoms with van der Waals surface area (Å²) in [5.74, 6) is 0.641. The molecule has 0 saturated carbocycles. The number of hydrogen-bond donors (Lipinski definition) is 2. The molecule has 7 nitrogen and oxygen atoms in total. The van der Waals surface area contributed by atoms with Crippen LogP contribution in [0.4, 0.5) is 22.9 Å². The smallest absolute Gasteiger partial charge is 0.270 e. The fraction of sp³-hybridized carbons (Fsp3) is 0. The number of nitrogens with one attached hydrogen (secondary N) is 1. The number of rotatable bonds is 4. The van der Waals surface area contributed by atoms with Crippen molar-refractivity contribution in [1.29, 1.82) is 0 Å². The van der Waals surface area contributed by atoms with Gasteiger partial charge in [0.1, 0.15) is 17.0 Å². The highest BCUT2D eigenvalue weighted by Crippen LogP contribution is 2.38. The molecule has 0 aliphatic heterocycles. The minimum absolute atomic E-state index is 0.0479. The number of thiophene rings is 1. The maximum atomic E-state index is 11.1. The summed E-state index contributed by atoms with van der Waals surface area (Å²) in [6.45, 7) is 0. The van der Waals surface area contributed by atoms with Gasteiger partial charge in [0.05, 0.1) is 10.3 Å². The van der Waals surface area contributed by atoms with Crippen molar-refractivity contribution in [2.24, 2.45) is 0 Å². The number of hydrogen-bond acceptors (Lipinski definition) is 7. The Morgan fingerprint density at radius 2 is 1.92 bits per heavy atom. The van der Waals surface area contributed by atoms with Gasteiger partial charge in [-0.05, 0) is 29.8 Å². The largest absolute Gasteiger partial charge is 0.399 e. The van der Waals surface area contributed by atoms with Crippen LogP contribution < -0.4 is 11.1 Å². The molecule has 8 heteroatoms. The van der Waals surface area contributed by atoms with Crippen LogP contribution in [0.3, 0.4) is 0 Å². The van der Waals surface area contributed by atoms with Crippen LogP contribution in [-0.4, -0.2) is 14.9 Å². The Hall–Kier alpha value is -3.52. The zero-order valence-electron chi connectivity index (χ0n) is 13.4. The lowest BCUT2D eigenvalue weighted by Gasteiger charge is -2.08. The zero-order chi connectivity index (χ0) is 18.1. The monoisotopic (exact) mass is 363 g/mol. The first-order valence-electron chi connectivity index (χ1n) is 7.71. The normalized spacial score (nSPS) is 10.8. The summed E-state index contributed by atoms with van der Waals surface area (Å²) < 4.78 is 0. The SMILES string of the molecule is Nc1ccc(Nc2ncnc3scc(-c4cccc([N+](=O)[O-])c4)c23)cc1. The summed E-state index contributed by atoms with van der Waals surface area (Å²) in [7, 11) is 0. The molecule has 2 aromatic heterocycles. The molecule has 0 unspecified atom stereocenters. The van der Waals surface area contributed by atoms with Gasteiger partial charge in [-0.3, -0.25) is 10.1 Å². The number of anilines is 3. The molecule has 4 aromatic rings. The lowest BCUT2D eigenvalue weighted by Crippen LogP contribution is -1.96. The number of nitro benzene ring substituents is 1. The first-order chi connectivity index (χ1) is 12.6. The average Bonchev–Trinajstić information content (AvgIpc) is 3.09. The Bertz CT molecular complexity index is 1110. The second kappa shape index (κ2) is 6.41. The van der Waals surface area contributed by atoms with Crippen molar-refractivity contribution in [3.63, 3.8) is 0 Å². The van der Waals surface area contributed by atoms with Crippen LogP contribution in [0.2, 0.25) is 0 Å². The topological polar surface area (TPSA) is 107 Å². The third-order valence-electron chi connectivity index (χ3n) is 3.91. The minimum Gasteiger partial charge on any atom is -0.399 e. The van der Waals surface area contributed by atoms with Crippen LogP contribution in [-0.2, 0) is 0 Å². The van der Waals surface area contributed by atoms with E-state index in [2.05, 4.69) is 15.3 Å². The van der Waals surface area contributed by atoms with Gasteiger partial charge in [-0.2, -0.15) is 0 Å². The molecule has 4 rings (SSSR count). The Morgan fingerprint density at radius 1 is 1.12 bits per heavy atom. The number of non-ortho nitro benzene ring substituents is 1. The van der Waals surface area contributed by atoms with Crippen LogP contribution in [0.5, 0.6) is 0 Å². The van der Waals surface area contributed by atoms with Crippen LogP contribution >= 0.6 is 11.3 Å². The fourth-order valence-corrected chi connectivity index (χ4v) is 3.59. The van der Waals surface area contributed by atoms with Crippen LogP contribution in [0, 0.1) is 10.1 Å². The van der Waals surface area contributed by atoms with Gasteiger partial charge in [0.15, 0.2) is 0 Å². The van der Waals surface area contributed by atoms with Gasteiger partial charge in [-0.1, -0.05) is 12.1 Å². The molecule has 0 fully saturated rings. The predicted molar refractivity (Wildman–Crippen MR) is 104 cm³/mol. The molecule has 0 bridgehead atoms. The number of nitro groups is 1. The van der Waals surface area contributed by atoms with Gasteiger partial charge < -0.3 is 11.1 Å². The molecule has 0 amide bonds. The van der Waals surface area contributed by atoms with Gasteiger partial charge in [0, 0.05) is 34.5 Å². The van der Waals surface area contributed by atoms with Crippen molar-refractivity contribution in [3.05, 3.63) is 70.4 Å². The highest BCUT2D eigenvalue weighted by molar-refractivity contribution is 7.17. The molecule has 3 N–H and O–H groups in total. The van der Waals surface area contributed by atoms with Gasteiger partial charge in [0.25, 0.3) is 5.69 Å². The van der Waals surface area contributed by atoms with Crippen molar-refractivity contribution in [2.45, 2.75) is 0 Å². The number of nitrogen functional groups attached to an aromatic ring is 1. The van der Waals surface area contributed by atoms with Crippen LogP contribution in [0.15, 0.2) is 60.2 Å². The number of benzene rings is 2. The molecule has 2 aromatic carbocycles. The third kappa shape index (κ3) is 2.93. The highest BCUT2D eigenvalue weighted by Gasteiger charge is 2.15. The summed E-state index contributed by atoms with van der Waals surface area (Å²) in [5.41, 5.74) is 8.90. The van der Waals surface area contributed by atoms with E-state index < -0.39 is 4.92 Å². The lowest BCUT2D eigenvalue weighted by atomic mass is 10.1. The number of nitrogens with two attached hydrogens (primary N) is 1. The first-order valence-corrected chi connectivity index (χ1v) is 8.59. The van der Waals surface area contributed by atoms with Crippen LogP contribution in [0.25, 0.3) is 21.3 Å². The van der Waals surface area contributed by atoms with Gasteiger partial charge >= 0.3 is 0 Å². The first kappa shape index (κ1) is 16.0. The summed E-state index contributed by atoms with van der Waals surface area (Å²) in [6, 6.07) is 13.9. The second-order valence-electron chi connectivity index (χ2n) is 5.61. The maximum absolute atomic E-state index is 11.1. The molecule has 0 saturated heterocycles. The summed E-state index contributed by atoms with van der Waals surface area (Å²) in [5, 5.41) is 17.1. The van der Waals surface area contributed by atoms with Gasteiger partial charge in [-0.25, -0.2) is 9.97 Å². The molecule has 0 radical (unpaired) electrons. The minimum atomic E-state index is -0.401. The molecule has 26 heavy (non-hydrogen) atoms. The zero-order valence-corrected chi connectivity index (χ0v) is 14.2. The maximum Gasteiger partial charge on any atom is 0.270 e. The summed E-state index contributed by atoms with van der Waals surface area (Å²) in [6.07, 6.45) is 1.50. The Labute approximate surface area is 152 Å². The molecular weight excluding hydrogens is 350 g/mol. The number of nitrogens with zero attached hydrogens (tertiary/aromatic N) is 3. The van der Waals surface area contributed by atoms with Crippen molar-refractivity contribution >= 4 is 44.4 Å². The Morgan fingerprint density at radius 3 is 2.69 bits per heavy atom. The molecule has 0 aliphatic carbocycles. The molecule has 0 atom stereocenters. The van der Waals surface area contributed by atoms with Crippen molar-refractivity contribution < 1.29 is 4.92 Å². The highest BCUT2D eigenvalue weighted by atomic mass is 32.1. The molecular formula is C18H13N5O2S. The van der Waals surface area contributed by atoms with Crippen molar-refractivity contribution in [2.75, 3.05) is 11.1 Å². The van der Waals surface area contributed by atoms with E-state index in [-0.39, 0.29) is 5.69 Å². The lowest BCUT2D eigenvalue weighted by molar-refractivity contribution is -0.384. The quantitative estimate of drug-likeness (QED) is 0.312. The molecule has 0 spiro atoms. The van der Waals surface area contributed by atoms with E-state index >= 15 is 0 Å². The standard InChI is InChI=1S/C18H13N5O2S/c19-12-4-6-13(7-5-12)22-17-16-15(9-26-18(16)21-10-20-17)11-2-1-3-14(8-11)23(24)25/h1-10H,19H2,(H,20,21,22). The average molecular weight is 363 g/mol. The number of aromatic nitrogens is 2. The van der Waals surface area contributed by atoms with E-state index in [1.165, 1.54) is 23.7 Å². The molecule has 2 heterocycles. The number of fused-ring (bicyclic) bond motifs is 1. The van der Waals surface area contributed by atoms with E-state index in [9.17, 15) is 10.1 Å². The molecule has 0 aliphatic rings. The van der Waals surface area contributed by atoms with E-state index in [0.29, 0.717) is 11.5 Å². The summed E-state index contributed by atoms with van der Waals surface area (Å²) >= 11 is 1.47. The van der Waals surface area contributed by atoms with E-state index in [4.69, 9.17) is 5.73 Å². The third-order valence-corrected chi connectivity index (χ3v) is 4.80. The fourth-order valence-electron chi connectivity index (χ4n) is 2.67. The second-order valence-corrected chi connectivity index (χ2v) is 6.46. The Kier molecular flexibility index (Phi) is 3.94. The molecule has 128 valence electrons.